The number of hydrogen-bond acceptors (Lipinski definition) is 5. The third-order valence-corrected chi connectivity index (χ3v) is 3.86. The van der Waals surface area contributed by atoms with Crippen LogP contribution in [0.1, 0.15) is 26.5 Å². The van der Waals surface area contributed by atoms with E-state index in [1.165, 1.54) is 29.2 Å². The Labute approximate surface area is 158 Å². The highest BCUT2D eigenvalue weighted by atomic mass is 35.5. The Bertz CT molecular complexity index is 1050. The Balaban J connectivity index is 1.82. The smallest absolute Gasteiger partial charge is 0.287 e. The lowest BCUT2D eigenvalue weighted by atomic mass is 10.2. The van der Waals surface area contributed by atoms with Crippen molar-refractivity contribution >= 4 is 23.4 Å². The molecule has 0 aliphatic heterocycles. The molecular weight excluding hydrogens is 370 g/mol. The van der Waals surface area contributed by atoms with E-state index in [1.54, 1.807) is 37.3 Å². The summed E-state index contributed by atoms with van der Waals surface area (Å²) in [6.07, 6.45) is 2.87. The molecule has 2 N–H and O–H groups in total. The maximum absolute atomic E-state index is 12.3. The van der Waals surface area contributed by atoms with Crippen molar-refractivity contribution in [3.63, 3.8) is 0 Å². The van der Waals surface area contributed by atoms with Crippen molar-refractivity contribution in [2.45, 2.75) is 6.92 Å². The summed E-state index contributed by atoms with van der Waals surface area (Å²) in [4.78, 5) is 40.2. The van der Waals surface area contributed by atoms with Crippen LogP contribution in [0.3, 0.4) is 0 Å². The van der Waals surface area contributed by atoms with E-state index in [2.05, 4.69) is 20.9 Å². The monoisotopic (exact) mass is 383 g/mol. The van der Waals surface area contributed by atoms with Gasteiger partial charge in [-0.05, 0) is 43.3 Å². The molecule has 0 bridgehead atoms. The molecule has 0 atom stereocenters. The minimum atomic E-state index is -0.833. The highest BCUT2D eigenvalue weighted by Crippen LogP contribution is 2.13. The zero-order valence-electron chi connectivity index (χ0n) is 14.1. The van der Waals surface area contributed by atoms with Gasteiger partial charge in [-0.15, -0.1) is 0 Å². The predicted molar refractivity (Wildman–Crippen MR) is 98.8 cm³/mol. The van der Waals surface area contributed by atoms with Gasteiger partial charge in [-0.25, -0.2) is 4.68 Å². The van der Waals surface area contributed by atoms with Crippen molar-refractivity contribution in [3.8, 4) is 5.69 Å². The summed E-state index contributed by atoms with van der Waals surface area (Å²) in [6, 6.07) is 11.2. The molecule has 0 spiro atoms. The maximum atomic E-state index is 12.3. The number of nitrogens with one attached hydrogen (secondary N) is 2. The fourth-order valence-electron chi connectivity index (χ4n) is 2.29. The lowest BCUT2D eigenvalue weighted by Crippen LogP contribution is -2.44. The van der Waals surface area contributed by atoms with Crippen molar-refractivity contribution in [1.82, 2.24) is 25.6 Å². The lowest BCUT2D eigenvalue weighted by molar-refractivity contribution is 0.0842. The van der Waals surface area contributed by atoms with Crippen LogP contribution in [-0.2, 0) is 0 Å². The number of carbonyl (C=O) groups is 2. The third kappa shape index (κ3) is 4.18. The quantitative estimate of drug-likeness (QED) is 0.669. The first-order chi connectivity index (χ1) is 13.0. The Morgan fingerprint density at radius 3 is 2.44 bits per heavy atom. The fourth-order valence-corrected chi connectivity index (χ4v) is 2.42. The number of amides is 2. The third-order valence-electron chi connectivity index (χ3n) is 3.61. The number of halogens is 1. The Kier molecular flexibility index (Phi) is 5.28. The van der Waals surface area contributed by atoms with E-state index in [-0.39, 0.29) is 11.3 Å². The average Bonchev–Trinajstić information content (AvgIpc) is 2.67. The average molecular weight is 384 g/mol. The van der Waals surface area contributed by atoms with Crippen LogP contribution in [0.25, 0.3) is 5.69 Å². The number of nitrogens with zero attached hydrogens (tertiary/aromatic N) is 3. The van der Waals surface area contributed by atoms with Gasteiger partial charge in [-0.3, -0.25) is 30.2 Å². The number of rotatable bonds is 3. The van der Waals surface area contributed by atoms with E-state index >= 15 is 0 Å². The summed E-state index contributed by atoms with van der Waals surface area (Å²) in [5.41, 5.74) is 4.91. The number of benzene rings is 1. The van der Waals surface area contributed by atoms with Crippen LogP contribution in [0.15, 0.2) is 59.7 Å². The van der Waals surface area contributed by atoms with Crippen molar-refractivity contribution in [2.75, 3.05) is 0 Å². The molecule has 0 aliphatic carbocycles. The molecule has 0 unspecified atom stereocenters. The minimum Gasteiger partial charge on any atom is -0.287 e. The van der Waals surface area contributed by atoms with Gasteiger partial charge in [0.2, 0.25) is 5.43 Å². The van der Waals surface area contributed by atoms with Crippen LogP contribution >= 0.6 is 11.6 Å². The Morgan fingerprint density at radius 2 is 1.78 bits per heavy atom. The van der Waals surface area contributed by atoms with E-state index in [4.69, 9.17) is 11.6 Å². The largest absolute Gasteiger partial charge is 0.294 e. The second-order valence-electron chi connectivity index (χ2n) is 5.54. The summed E-state index contributed by atoms with van der Waals surface area (Å²) >= 11 is 5.88. The molecule has 2 amide bonds. The van der Waals surface area contributed by atoms with E-state index in [0.29, 0.717) is 16.4 Å². The molecule has 8 nitrogen and oxygen atoms in total. The number of carbonyl (C=O) groups excluding carboxylic acids is 2. The van der Waals surface area contributed by atoms with E-state index in [9.17, 15) is 14.4 Å². The van der Waals surface area contributed by atoms with Gasteiger partial charge in [-0.2, -0.15) is 5.10 Å². The second-order valence-corrected chi connectivity index (χ2v) is 5.97. The van der Waals surface area contributed by atoms with Gasteiger partial charge in [0.15, 0.2) is 5.69 Å². The van der Waals surface area contributed by atoms with Gasteiger partial charge >= 0.3 is 0 Å². The van der Waals surface area contributed by atoms with Gasteiger partial charge in [0.1, 0.15) is 0 Å². The molecular formula is C18H14ClN5O3. The van der Waals surface area contributed by atoms with Gasteiger partial charge in [0.25, 0.3) is 11.8 Å². The Morgan fingerprint density at radius 1 is 1.07 bits per heavy atom. The zero-order valence-corrected chi connectivity index (χ0v) is 14.9. The topological polar surface area (TPSA) is 106 Å². The first-order valence-electron chi connectivity index (χ1n) is 7.83. The SMILES string of the molecule is Cc1cc(=O)c(C(=O)NNC(=O)c2cccnc2)nn1-c1ccc(Cl)cc1. The molecule has 27 heavy (non-hydrogen) atoms. The van der Waals surface area contributed by atoms with Crippen LogP contribution < -0.4 is 16.3 Å². The highest BCUT2D eigenvalue weighted by Gasteiger charge is 2.16. The van der Waals surface area contributed by atoms with Gasteiger partial charge < -0.3 is 0 Å². The van der Waals surface area contributed by atoms with Crippen LogP contribution in [0, 0.1) is 6.92 Å². The van der Waals surface area contributed by atoms with E-state index in [1.807, 2.05) is 0 Å². The summed E-state index contributed by atoms with van der Waals surface area (Å²) in [7, 11) is 0. The number of pyridine rings is 1. The number of aromatic nitrogens is 3. The number of hydrogen-bond donors (Lipinski definition) is 2. The van der Waals surface area contributed by atoms with Crippen LogP contribution in [0.5, 0.6) is 0 Å². The minimum absolute atomic E-state index is 0.258. The van der Waals surface area contributed by atoms with Crippen LogP contribution in [0.2, 0.25) is 5.02 Å². The van der Waals surface area contributed by atoms with Crippen molar-refractivity contribution in [1.29, 1.82) is 0 Å². The standard InChI is InChI=1S/C18H14ClN5O3/c1-11-9-15(25)16(23-24(11)14-6-4-13(19)5-7-14)18(27)22-21-17(26)12-3-2-8-20-10-12/h2-10H,1H3,(H,21,26)(H,22,27). The summed E-state index contributed by atoms with van der Waals surface area (Å²) in [5, 5.41) is 4.66. The fraction of sp³-hybridized carbons (Fsp3) is 0.0556. The highest BCUT2D eigenvalue weighted by molar-refractivity contribution is 6.30. The van der Waals surface area contributed by atoms with Crippen LogP contribution in [-0.4, -0.2) is 26.6 Å². The predicted octanol–water partition coefficient (Wildman–Crippen LogP) is 1.66. The molecule has 0 fully saturated rings. The molecule has 2 heterocycles. The molecule has 0 saturated carbocycles. The van der Waals surface area contributed by atoms with Gasteiger partial charge in [0.05, 0.1) is 11.3 Å². The molecule has 3 aromatic rings. The zero-order chi connectivity index (χ0) is 19.4. The van der Waals surface area contributed by atoms with Crippen molar-refractivity contribution in [3.05, 3.63) is 87.1 Å². The van der Waals surface area contributed by atoms with Gasteiger partial charge in [0, 0.05) is 29.2 Å². The van der Waals surface area contributed by atoms with E-state index in [0.717, 1.165) is 0 Å². The van der Waals surface area contributed by atoms with Gasteiger partial charge in [-0.1, -0.05) is 11.6 Å². The number of hydrazine groups is 1. The lowest BCUT2D eigenvalue weighted by Gasteiger charge is -2.12. The summed E-state index contributed by atoms with van der Waals surface area (Å²) < 4.78 is 1.44. The molecule has 2 aromatic heterocycles. The molecule has 1 aromatic carbocycles. The van der Waals surface area contributed by atoms with Crippen molar-refractivity contribution < 1.29 is 9.59 Å². The normalized spacial score (nSPS) is 10.3. The van der Waals surface area contributed by atoms with Crippen molar-refractivity contribution in [2.24, 2.45) is 0 Å². The number of aryl methyl sites for hydroxylation is 1. The molecule has 0 radical (unpaired) electrons. The molecule has 0 saturated heterocycles. The summed E-state index contributed by atoms with van der Waals surface area (Å²) in [5.74, 6) is -1.40. The molecule has 0 aliphatic rings. The first kappa shape index (κ1) is 18.3. The summed E-state index contributed by atoms with van der Waals surface area (Å²) in [6.45, 7) is 1.69. The maximum Gasteiger partial charge on any atom is 0.294 e. The Hall–Kier alpha value is -3.52. The second kappa shape index (κ2) is 7.79. The molecule has 136 valence electrons. The van der Waals surface area contributed by atoms with E-state index < -0.39 is 17.2 Å². The first-order valence-corrected chi connectivity index (χ1v) is 8.21. The molecule has 9 heteroatoms. The van der Waals surface area contributed by atoms with Crippen LogP contribution in [0.4, 0.5) is 0 Å². The molecule has 3 rings (SSSR count).